The highest BCUT2D eigenvalue weighted by Gasteiger charge is 2.22. The standard InChI is InChI=1S/C21H23N5OS/c1-16-13-17(15-28-16)20-19(6-4-8-23-20)24-21(27)26-11-9-25(10-12-26)14-18-5-2-3-7-22-18/h2-8,13,15H,9-12,14H2,1H3,(H,24,27). The fraction of sp³-hybridized carbons (Fsp3) is 0.286. The Morgan fingerprint density at radius 3 is 2.64 bits per heavy atom. The van der Waals surface area contributed by atoms with Gasteiger partial charge < -0.3 is 10.2 Å². The first-order valence-electron chi connectivity index (χ1n) is 9.38. The molecule has 4 heterocycles. The van der Waals surface area contributed by atoms with Gasteiger partial charge in [0.25, 0.3) is 0 Å². The summed E-state index contributed by atoms with van der Waals surface area (Å²) in [6.45, 7) is 5.97. The van der Waals surface area contributed by atoms with Gasteiger partial charge >= 0.3 is 6.03 Å². The summed E-state index contributed by atoms with van der Waals surface area (Å²) in [6, 6.07) is 11.8. The van der Waals surface area contributed by atoms with E-state index in [1.807, 2.05) is 41.4 Å². The lowest BCUT2D eigenvalue weighted by Crippen LogP contribution is -2.49. The summed E-state index contributed by atoms with van der Waals surface area (Å²) in [5, 5.41) is 5.12. The molecule has 6 nitrogen and oxygen atoms in total. The molecule has 4 rings (SSSR count). The number of piperazine rings is 1. The lowest BCUT2D eigenvalue weighted by molar-refractivity contribution is 0.142. The lowest BCUT2D eigenvalue weighted by Gasteiger charge is -2.34. The monoisotopic (exact) mass is 393 g/mol. The van der Waals surface area contributed by atoms with Gasteiger partial charge in [0.15, 0.2) is 0 Å². The number of anilines is 1. The van der Waals surface area contributed by atoms with E-state index in [1.54, 1.807) is 17.5 Å². The zero-order valence-electron chi connectivity index (χ0n) is 15.8. The molecule has 1 N–H and O–H groups in total. The van der Waals surface area contributed by atoms with Crippen molar-refractivity contribution in [3.8, 4) is 11.3 Å². The average Bonchev–Trinajstić information content (AvgIpc) is 3.16. The van der Waals surface area contributed by atoms with Crippen molar-refractivity contribution < 1.29 is 4.79 Å². The van der Waals surface area contributed by atoms with Gasteiger partial charge in [-0.25, -0.2) is 4.79 Å². The van der Waals surface area contributed by atoms with Crippen molar-refractivity contribution in [1.82, 2.24) is 19.8 Å². The van der Waals surface area contributed by atoms with Crippen LogP contribution in [0.15, 0.2) is 54.2 Å². The van der Waals surface area contributed by atoms with Gasteiger partial charge in [0.2, 0.25) is 0 Å². The van der Waals surface area contributed by atoms with Crippen molar-refractivity contribution in [3.63, 3.8) is 0 Å². The number of urea groups is 1. The Morgan fingerprint density at radius 1 is 1.11 bits per heavy atom. The number of carbonyl (C=O) groups excluding carboxylic acids is 1. The maximum Gasteiger partial charge on any atom is 0.321 e. The molecule has 3 aromatic rings. The fourth-order valence-electron chi connectivity index (χ4n) is 3.33. The summed E-state index contributed by atoms with van der Waals surface area (Å²) in [5.41, 5.74) is 3.67. The Labute approximate surface area is 168 Å². The minimum absolute atomic E-state index is 0.0707. The highest BCUT2D eigenvalue weighted by molar-refractivity contribution is 7.10. The summed E-state index contributed by atoms with van der Waals surface area (Å²) in [4.78, 5) is 27.1. The number of hydrogen-bond donors (Lipinski definition) is 1. The largest absolute Gasteiger partial charge is 0.322 e. The van der Waals surface area contributed by atoms with Crippen LogP contribution in [0.4, 0.5) is 10.5 Å². The molecule has 2 amide bonds. The van der Waals surface area contributed by atoms with E-state index in [2.05, 4.69) is 38.6 Å². The number of nitrogens with zero attached hydrogens (tertiary/aromatic N) is 4. The van der Waals surface area contributed by atoms with Crippen molar-refractivity contribution in [2.75, 3.05) is 31.5 Å². The first-order valence-corrected chi connectivity index (χ1v) is 10.3. The molecule has 1 fully saturated rings. The van der Waals surface area contributed by atoms with Crippen LogP contribution in [-0.2, 0) is 6.54 Å². The van der Waals surface area contributed by atoms with Crippen LogP contribution in [0, 0.1) is 6.92 Å². The predicted molar refractivity (Wildman–Crippen MR) is 112 cm³/mol. The molecule has 0 saturated carbocycles. The first kappa shape index (κ1) is 18.6. The van der Waals surface area contributed by atoms with Crippen LogP contribution in [0.1, 0.15) is 10.6 Å². The van der Waals surface area contributed by atoms with Crippen molar-refractivity contribution >= 4 is 23.1 Å². The minimum atomic E-state index is -0.0707. The summed E-state index contributed by atoms with van der Waals surface area (Å²) < 4.78 is 0. The maximum absolute atomic E-state index is 12.8. The molecule has 0 bridgehead atoms. The van der Waals surface area contributed by atoms with E-state index < -0.39 is 0 Å². The smallest absolute Gasteiger partial charge is 0.321 e. The van der Waals surface area contributed by atoms with Crippen LogP contribution in [-0.4, -0.2) is 52.0 Å². The molecule has 3 aromatic heterocycles. The topological polar surface area (TPSA) is 61.4 Å². The van der Waals surface area contributed by atoms with Gasteiger partial charge in [0.05, 0.1) is 17.1 Å². The number of pyridine rings is 2. The number of aryl methyl sites for hydroxylation is 1. The molecule has 1 saturated heterocycles. The molecule has 0 unspecified atom stereocenters. The van der Waals surface area contributed by atoms with E-state index in [1.165, 1.54) is 4.88 Å². The fourth-order valence-corrected chi connectivity index (χ4v) is 4.02. The summed E-state index contributed by atoms with van der Waals surface area (Å²) in [7, 11) is 0. The third kappa shape index (κ3) is 4.37. The normalized spacial score (nSPS) is 14.8. The summed E-state index contributed by atoms with van der Waals surface area (Å²) in [5.74, 6) is 0. The number of rotatable bonds is 4. The Kier molecular flexibility index (Phi) is 5.64. The second-order valence-electron chi connectivity index (χ2n) is 6.86. The number of thiophene rings is 1. The molecular formula is C21H23N5OS. The van der Waals surface area contributed by atoms with E-state index in [9.17, 15) is 4.79 Å². The second-order valence-corrected chi connectivity index (χ2v) is 7.98. The van der Waals surface area contributed by atoms with Crippen LogP contribution in [0.5, 0.6) is 0 Å². The zero-order valence-corrected chi connectivity index (χ0v) is 16.7. The second kappa shape index (κ2) is 8.50. The Balaban J connectivity index is 1.37. The van der Waals surface area contributed by atoms with Gasteiger partial charge in [-0.1, -0.05) is 6.07 Å². The Bertz CT molecular complexity index is 935. The molecular weight excluding hydrogens is 370 g/mol. The highest BCUT2D eigenvalue weighted by atomic mass is 32.1. The van der Waals surface area contributed by atoms with E-state index in [-0.39, 0.29) is 6.03 Å². The summed E-state index contributed by atoms with van der Waals surface area (Å²) in [6.07, 6.45) is 3.58. The van der Waals surface area contributed by atoms with Crippen molar-refractivity contribution in [2.45, 2.75) is 13.5 Å². The van der Waals surface area contributed by atoms with Crippen molar-refractivity contribution in [3.05, 3.63) is 64.7 Å². The van der Waals surface area contributed by atoms with Crippen LogP contribution in [0.3, 0.4) is 0 Å². The van der Waals surface area contributed by atoms with Gasteiger partial charge in [-0.05, 0) is 37.3 Å². The SMILES string of the molecule is Cc1cc(-c2ncccc2NC(=O)N2CCN(Cc3ccccn3)CC2)cs1. The zero-order chi connectivity index (χ0) is 19.3. The van der Waals surface area contributed by atoms with Crippen molar-refractivity contribution in [2.24, 2.45) is 0 Å². The van der Waals surface area contributed by atoms with E-state index in [0.717, 1.165) is 42.3 Å². The van der Waals surface area contributed by atoms with E-state index in [4.69, 9.17) is 0 Å². The molecule has 144 valence electrons. The van der Waals surface area contributed by atoms with Crippen LogP contribution < -0.4 is 5.32 Å². The Morgan fingerprint density at radius 2 is 1.93 bits per heavy atom. The molecule has 0 aromatic carbocycles. The maximum atomic E-state index is 12.8. The quantitative estimate of drug-likeness (QED) is 0.731. The number of nitrogens with one attached hydrogen (secondary N) is 1. The lowest BCUT2D eigenvalue weighted by atomic mass is 10.2. The van der Waals surface area contributed by atoms with Crippen LogP contribution in [0.25, 0.3) is 11.3 Å². The first-order chi connectivity index (χ1) is 13.7. The van der Waals surface area contributed by atoms with E-state index in [0.29, 0.717) is 13.1 Å². The third-order valence-corrected chi connectivity index (χ3v) is 5.69. The van der Waals surface area contributed by atoms with Gasteiger partial charge in [-0.3, -0.25) is 14.9 Å². The summed E-state index contributed by atoms with van der Waals surface area (Å²) >= 11 is 1.68. The Hall–Kier alpha value is -2.77. The number of amides is 2. The third-order valence-electron chi connectivity index (χ3n) is 4.82. The minimum Gasteiger partial charge on any atom is -0.322 e. The molecule has 0 atom stereocenters. The number of hydrogen-bond acceptors (Lipinski definition) is 5. The molecule has 1 aliphatic heterocycles. The molecule has 0 radical (unpaired) electrons. The van der Waals surface area contributed by atoms with Crippen LogP contribution >= 0.6 is 11.3 Å². The number of aromatic nitrogens is 2. The highest BCUT2D eigenvalue weighted by Crippen LogP contribution is 2.29. The van der Waals surface area contributed by atoms with Gasteiger partial charge in [-0.2, -0.15) is 0 Å². The van der Waals surface area contributed by atoms with E-state index >= 15 is 0 Å². The average molecular weight is 394 g/mol. The van der Waals surface area contributed by atoms with Crippen molar-refractivity contribution in [1.29, 1.82) is 0 Å². The number of carbonyl (C=O) groups is 1. The molecule has 7 heteroatoms. The molecule has 0 spiro atoms. The molecule has 28 heavy (non-hydrogen) atoms. The van der Waals surface area contributed by atoms with Gasteiger partial charge in [0, 0.05) is 60.9 Å². The van der Waals surface area contributed by atoms with Gasteiger partial charge in [-0.15, -0.1) is 11.3 Å². The molecule has 0 aliphatic carbocycles. The van der Waals surface area contributed by atoms with Crippen LogP contribution in [0.2, 0.25) is 0 Å². The van der Waals surface area contributed by atoms with Gasteiger partial charge in [0.1, 0.15) is 0 Å². The molecule has 1 aliphatic rings. The predicted octanol–water partition coefficient (Wildman–Crippen LogP) is 3.86.